The van der Waals surface area contributed by atoms with Gasteiger partial charge in [-0.2, -0.15) is 0 Å². The van der Waals surface area contributed by atoms with Crippen LogP contribution in [0.15, 0.2) is 27.9 Å². The van der Waals surface area contributed by atoms with Crippen molar-refractivity contribution in [3.63, 3.8) is 0 Å². The van der Waals surface area contributed by atoms with Gasteiger partial charge in [0, 0.05) is 24.8 Å². The van der Waals surface area contributed by atoms with E-state index in [1.54, 1.807) is 12.1 Å². The van der Waals surface area contributed by atoms with Crippen LogP contribution < -0.4 is 20.7 Å². The smallest absolute Gasteiger partial charge is 0.330 e. The molecule has 1 aromatic carbocycles. The number of H-pyrrole nitrogens is 1. The zero-order valence-corrected chi connectivity index (χ0v) is 16.4. The summed E-state index contributed by atoms with van der Waals surface area (Å²) in [4.78, 5) is 31.5. The number of aliphatic hydroxyl groups is 2. The lowest BCUT2D eigenvalue weighted by molar-refractivity contribution is -0.0458. The maximum atomic E-state index is 12.4. The van der Waals surface area contributed by atoms with Crippen molar-refractivity contribution in [3.8, 4) is 22.1 Å². The number of nitrogens with one attached hydrogen (secondary N) is 1. The molecule has 3 heterocycles. The predicted octanol–water partition coefficient (Wildman–Crippen LogP) is 0.471. The first kappa shape index (κ1) is 19.6. The Morgan fingerprint density at radius 3 is 2.69 bits per heavy atom. The molecule has 2 aromatic heterocycles. The standard InChI is InChI=1S/C18H19N3O7S/c1-26-11-3-9-14(5-12(11)27-2)29-17(19-9)8-6-21(18(25)20-16(8)24)15-4-10(23)13(7-22)28-15/h3,5-6,10,13,15,22-23H,4,7H2,1-2H3,(H,20,24,25)/t10-,13+,15+/m0/s1. The maximum absolute atomic E-state index is 12.4. The third-order valence-corrected chi connectivity index (χ3v) is 5.84. The summed E-state index contributed by atoms with van der Waals surface area (Å²) in [5.74, 6) is 1.05. The van der Waals surface area contributed by atoms with Crippen LogP contribution in [0.4, 0.5) is 0 Å². The fourth-order valence-corrected chi connectivity index (χ4v) is 4.25. The van der Waals surface area contributed by atoms with Gasteiger partial charge in [-0.05, 0) is 0 Å². The largest absolute Gasteiger partial charge is 0.493 e. The SMILES string of the molecule is COc1cc2nc(-c3cn([C@H]4C[C@H](O)[C@@H](CO)O4)c(=O)[nH]c3=O)sc2cc1OC. The number of nitrogens with zero attached hydrogens (tertiary/aromatic N) is 2. The molecule has 0 amide bonds. The van der Waals surface area contributed by atoms with E-state index in [1.807, 2.05) is 0 Å². The molecular formula is C18H19N3O7S. The second kappa shape index (κ2) is 7.59. The Morgan fingerprint density at radius 2 is 2.03 bits per heavy atom. The van der Waals surface area contributed by atoms with Crippen molar-refractivity contribution in [2.24, 2.45) is 0 Å². The summed E-state index contributed by atoms with van der Waals surface area (Å²) in [5, 5.41) is 19.6. The van der Waals surface area contributed by atoms with Gasteiger partial charge >= 0.3 is 5.69 Å². The summed E-state index contributed by atoms with van der Waals surface area (Å²) in [6.07, 6.45) is -1.02. The molecular weight excluding hydrogens is 402 g/mol. The Bertz CT molecular complexity index is 1130. The second-order valence-corrected chi connectivity index (χ2v) is 7.55. The van der Waals surface area contributed by atoms with Crippen LogP contribution in [0, 0.1) is 0 Å². The Balaban J connectivity index is 1.79. The van der Waals surface area contributed by atoms with Crippen molar-refractivity contribution in [1.29, 1.82) is 0 Å². The molecule has 11 heteroatoms. The quantitative estimate of drug-likeness (QED) is 0.541. The highest BCUT2D eigenvalue weighted by Crippen LogP contribution is 2.37. The van der Waals surface area contributed by atoms with E-state index in [1.165, 1.54) is 36.3 Å². The van der Waals surface area contributed by atoms with E-state index in [4.69, 9.17) is 14.2 Å². The summed E-state index contributed by atoms with van der Waals surface area (Å²) in [6, 6.07) is 3.47. The predicted molar refractivity (Wildman–Crippen MR) is 105 cm³/mol. The van der Waals surface area contributed by atoms with Gasteiger partial charge in [-0.25, -0.2) is 9.78 Å². The zero-order chi connectivity index (χ0) is 20.7. The summed E-state index contributed by atoms with van der Waals surface area (Å²) in [7, 11) is 3.05. The van der Waals surface area contributed by atoms with Gasteiger partial charge < -0.3 is 24.4 Å². The van der Waals surface area contributed by atoms with Crippen molar-refractivity contribution >= 4 is 21.6 Å². The minimum atomic E-state index is -0.908. The van der Waals surface area contributed by atoms with Crippen molar-refractivity contribution in [2.45, 2.75) is 24.9 Å². The average Bonchev–Trinajstić information content (AvgIpc) is 3.29. The number of methoxy groups -OCH3 is 2. The summed E-state index contributed by atoms with van der Waals surface area (Å²) < 4.78 is 18.1. The zero-order valence-electron chi connectivity index (χ0n) is 15.6. The number of hydrogen-bond acceptors (Lipinski definition) is 9. The number of ether oxygens (including phenoxy) is 3. The number of aromatic amines is 1. The minimum Gasteiger partial charge on any atom is -0.493 e. The molecule has 0 unspecified atom stereocenters. The molecule has 1 aliphatic rings. The van der Waals surface area contributed by atoms with Gasteiger partial charge in [-0.3, -0.25) is 14.3 Å². The highest BCUT2D eigenvalue weighted by molar-refractivity contribution is 7.21. The van der Waals surface area contributed by atoms with Crippen molar-refractivity contribution < 1.29 is 24.4 Å². The van der Waals surface area contributed by atoms with E-state index < -0.39 is 29.7 Å². The molecule has 0 spiro atoms. The molecule has 3 N–H and O–H groups in total. The first-order chi connectivity index (χ1) is 13.9. The highest BCUT2D eigenvalue weighted by Gasteiger charge is 2.35. The number of hydrogen-bond donors (Lipinski definition) is 3. The van der Waals surface area contributed by atoms with Gasteiger partial charge in [0.05, 0.1) is 42.7 Å². The van der Waals surface area contributed by atoms with Crippen LogP contribution in [0.5, 0.6) is 11.5 Å². The summed E-state index contributed by atoms with van der Waals surface area (Å²) >= 11 is 1.26. The van der Waals surface area contributed by atoms with E-state index in [-0.39, 0.29) is 18.6 Å². The molecule has 0 aliphatic carbocycles. The number of aromatic nitrogens is 3. The second-order valence-electron chi connectivity index (χ2n) is 6.52. The fourth-order valence-electron chi connectivity index (χ4n) is 3.27. The van der Waals surface area contributed by atoms with Crippen LogP contribution in [-0.4, -0.2) is 57.8 Å². The molecule has 10 nitrogen and oxygen atoms in total. The molecule has 3 atom stereocenters. The lowest BCUT2D eigenvalue weighted by Crippen LogP contribution is -2.33. The Hall–Kier alpha value is -2.73. The summed E-state index contributed by atoms with van der Waals surface area (Å²) in [6.45, 7) is -0.371. The molecule has 154 valence electrons. The third-order valence-electron chi connectivity index (χ3n) is 4.79. The molecule has 3 aromatic rings. The molecule has 0 radical (unpaired) electrons. The Kier molecular flexibility index (Phi) is 5.13. The topological polar surface area (TPSA) is 136 Å². The van der Waals surface area contributed by atoms with Crippen LogP contribution in [0.2, 0.25) is 0 Å². The lowest BCUT2D eigenvalue weighted by atomic mass is 10.2. The third kappa shape index (κ3) is 3.42. The molecule has 1 saturated heterocycles. The molecule has 0 bridgehead atoms. The van der Waals surface area contributed by atoms with Crippen LogP contribution in [0.1, 0.15) is 12.6 Å². The van der Waals surface area contributed by atoms with E-state index in [9.17, 15) is 19.8 Å². The highest BCUT2D eigenvalue weighted by atomic mass is 32.1. The first-order valence-electron chi connectivity index (χ1n) is 8.78. The Morgan fingerprint density at radius 1 is 1.31 bits per heavy atom. The van der Waals surface area contributed by atoms with Gasteiger partial charge in [0.15, 0.2) is 11.5 Å². The van der Waals surface area contributed by atoms with Gasteiger partial charge in [-0.1, -0.05) is 0 Å². The van der Waals surface area contributed by atoms with E-state index in [0.717, 1.165) is 4.70 Å². The normalized spacial score (nSPS) is 21.6. The molecule has 29 heavy (non-hydrogen) atoms. The molecule has 1 aliphatic heterocycles. The minimum absolute atomic E-state index is 0.116. The monoisotopic (exact) mass is 421 g/mol. The number of aliphatic hydroxyl groups excluding tert-OH is 2. The van der Waals surface area contributed by atoms with Crippen molar-refractivity contribution in [3.05, 3.63) is 39.2 Å². The molecule has 0 saturated carbocycles. The van der Waals surface area contributed by atoms with Gasteiger partial charge in [-0.15, -0.1) is 11.3 Å². The number of rotatable bonds is 5. The average molecular weight is 421 g/mol. The van der Waals surface area contributed by atoms with Crippen LogP contribution in [0.3, 0.4) is 0 Å². The van der Waals surface area contributed by atoms with Gasteiger partial charge in [0.25, 0.3) is 5.56 Å². The van der Waals surface area contributed by atoms with E-state index >= 15 is 0 Å². The van der Waals surface area contributed by atoms with E-state index in [2.05, 4.69) is 9.97 Å². The lowest BCUT2D eigenvalue weighted by Gasteiger charge is -2.14. The van der Waals surface area contributed by atoms with Crippen molar-refractivity contribution in [1.82, 2.24) is 14.5 Å². The molecule has 1 fully saturated rings. The maximum Gasteiger partial charge on any atom is 0.330 e. The summed E-state index contributed by atoms with van der Waals surface area (Å²) in [5.41, 5.74) is -0.442. The van der Waals surface area contributed by atoms with Crippen LogP contribution in [0.25, 0.3) is 20.8 Å². The number of thiazole rings is 1. The van der Waals surface area contributed by atoms with Crippen molar-refractivity contribution in [2.75, 3.05) is 20.8 Å². The van der Waals surface area contributed by atoms with Gasteiger partial charge in [0.1, 0.15) is 17.3 Å². The number of fused-ring (bicyclic) bond motifs is 1. The van der Waals surface area contributed by atoms with Crippen LogP contribution in [-0.2, 0) is 4.74 Å². The van der Waals surface area contributed by atoms with E-state index in [0.29, 0.717) is 22.0 Å². The van der Waals surface area contributed by atoms with Gasteiger partial charge in [0.2, 0.25) is 0 Å². The fraction of sp³-hybridized carbons (Fsp3) is 0.389. The Labute approximate surface area is 167 Å². The molecule has 4 rings (SSSR count). The number of benzene rings is 1. The first-order valence-corrected chi connectivity index (χ1v) is 9.59. The van der Waals surface area contributed by atoms with Crippen LogP contribution >= 0.6 is 11.3 Å².